The number of carbonyl (C=O) groups excluding carboxylic acids is 1. The highest BCUT2D eigenvalue weighted by molar-refractivity contribution is 5.76. The maximum Gasteiger partial charge on any atom is 0.260 e. The highest BCUT2D eigenvalue weighted by Gasteiger charge is 2.38. The summed E-state index contributed by atoms with van der Waals surface area (Å²) in [5.41, 5.74) is 0. The van der Waals surface area contributed by atoms with E-state index in [9.17, 15) is 13.6 Å². The van der Waals surface area contributed by atoms with Gasteiger partial charge in [-0.2, -0.15) is 10.1 Å². The molecule has 2 aliphatic heterocycles. The van der Waals surface area contributed by atoms with Crippen molar-refractivity contribution >= 4 is 11.9 Å². The molecule has 3 aliphatic rings. The molecule has 4 rings (SSSR count). The molecule has 0 aromatic carbocycles. The Kier molecular flexibility index (Phi) is 5.59. The SMILES string of the molecule is O=C(CCC1CCCC1)N1CCC([C@@H]2C[C@H](C(F)F)n3ncnc3N2)CC1. The van der Waals surface area contributed by atoms with Crippen molar-refractivity contribution in [2.45, 2.75) is 76.3 Å². The van der Waals surface area contributed by atoms with E-state index in [1.54, 1.807) is 0 Å². The van der Waals surface area contributed by atoms with Gasteiger partial charge in [-0.3, -0.25) is 4.79 Å². The molecule has 0 radical (unpaired) electrons. The third kappa shape index (κ3) is 4.09. The average Bonchev–Trinajstić information content (AvgIpc) is 3.36. The zero-order valence-electron chi connectivity index (χ0n) is 15.7. The Hall–Kier alpha value is -1.73. The Morgan fingerprint density at radius 2 is 1.96 bits per heavy atom. The monoisotopic (exact) mass is 381 g/mol. The number of hydrogen-bond donors (Lipinski definition) is 1. The molecule has 1 saturated carbocycles. The summed E-state index contributed by atoms with van der Waals surface area (Å²) in [6.45, 7) is 1.47. The van der Waals surface area contributed by atoms with Gasteiger partial charge >= 0.3 is 0 Å². The fourth-order valence-electron chi connectivity index (χ4n) is 5.04. The fourth-order valence-corrected chi connectivity index (χ4v) is 5.04. The lowest BCUT2D eigenvalue weighted by Gasteiger charge is -2.40. The summed E-state index contributed by atoms with van der Waals surface area (Å²) >= 11 is 0. The molecule has 150 valence electrons. The van der Waals surface area contributed by atoms with Gasteiger partial charge in [-0.25, -0.2) is 13.5 Å². The van der Waals surface area contributed by atoms with Gasteiger partial charge in [0.2, 0.25) is 11.9 Å². The van der Waals surface area contributed by atoms with Crippen LogP contribution in [0.1, 0.15) is 63.8 Å². The van der Waals surface area contributed by atoms with Crippen molar-refractivity contribution in [3.8, 4) is 0 Å². The first-order chi connectivity index (χ1) is 13.1. The summed E-state index contributed by atoms with van der Waals surface area (Å²) in [5.74, 6) is 1.73. The van der Waals surface area contributed by atoms with E-state index >= 15 is 0 Å². The molecule has 2 fully saturated rings. The Bertz CT molecular complexity index is 638. The maximum absolute atomic E-state index is 13.4. The van der Waals surface area contributed by atoms with E-state index in [0.717, 1.165) is 38.3 Å². The zero-order chi connectivity index (χ0) is 18.8. The van der Waals surface area contributed by atoms with E-state index in [1.807, 2.05) is 4.90 Å². The number of rotatable bonds is 5. The number of nitrogens with zero attached hydrogens (tertiary/aromatic N) is 4. The number of halogens is 2. The summed E-state index contributed by atoms with van der Waals surface area (Å²) in [6, 6.07) is -0.948. The van der Waals surface area contributed by atoms with Gasteiger partial charge in [0.15, 0.2) is 0 Å². The second-order valence-corrected chi connectivity index (χ2v) is 8.32. The van der Waals surface area contributed by atoms with Gasteiger partial charge in [-0.1, -0.05) is 25.7 Å². The van der Waals surface area contributed by atoms with Crippen LogP contribution in [0.2, 0.25) is 0 Å². The first-order valence-corrected chi connectivity index (χ1v) is 10.3. The van der Waals surface area contributed by atoms with E-state index < -0.39 is 12.5 Å². The van der Waals surface area contributed by atoms with E-state index in [0.29, 0.717) is 18.8 Å². The number of nitrogens with one attached hydrogen (secondary N) is 1. The van der Waals surface area contributed by atoms with Crippen LogP contribution in [-0.4, -0.2) is 51.1 Å². The highest BCUT2D eigenvalue weighted by Crippen LogP contribution is 2.35. The minimum atomic E-state index is -2.45. The Morgan fingerprint density at radius 3 is 2.67 bits per heavy atom. The normalized spacial score (nSPS) is 27.0. The van der Waals surface area contributed by atoms with Crippen molar-refractivity contribution in [1.29, 1.82) is 0 Å². The predicted molar refractivity (Wildman–Crippen MR) is 97.6 cm³/mol. The molecule has 0 spiro atoms. The van der Waals surface area contributed by atoms with Gasteiger partial charge in [-0.15, -0.1) is 0 Å². The summed E-state index contributed by atoms with van der Waals surface area (Å²) in [6.07, 6.45) is 7.80. The Labute approximate surface area is 158 Å². The Morgan fingerprint density at radius 1 is 1.22 bits per heavy atom. The van der Waals surface area contributed by atoms with Crippen molar-refractivity contribution in [3.05, 3.63) is 6.33 Å². The molecular formula is C19H29F2N5O. The van der Waals surface area contributed by atoms with Crippen LogP contribution < -0.4 is 5.32 Å². The molecule has 1 aromatic rings. The van der Waals surface area contributed by atoms with Crippen molar-refractivity contribution in [2.75, 3.05) is 18.4 Å². The summed E-state index contributed by atoms with van der Waals surface area (Å²) in [4.78, 5) is 18.6. The third-order valence-electron chi connectivity index (χ3n) is 6.69. The lowest BCUT2D eigenvalue weighted by molar-refractivity contribution is -0.133. The van der Waals surface area contributed by atoms with Crippen molar-refractivity contribution in [2.24, 2.45) is 11.8 Å². The lowest BCUT2D eigenvalue weighted by Crippen LogP contribution is -2.46. The molecule has 1 saturated heterocycles. The van der Waals surface area contributed by atoms with E-state index in [1.165, 1.54) is 36.7 Å². The smallest absolute Gasteiger partial charge is 0.260 e. The number of hydrogen-bond acceptors (Lipinski definition) is 4. The van der Waals surface area contributed by atoms with Crippen LogP contribution in [0.15, 0.2) is 6.33 Å². The summed E-state index contributed by atoms with van der Waals surface area (Å²) in [5, 5.41) is 7.23. The molecule has 2 atom stereocenters. The fraction of sp³-hybridized carbons (Fsp3) is 0.842. The first kappa shape index (κ1) is 18.6. The molecule has 0 bridgehead atoms. The van der Waals surface area contributed by atoms with E-state index in [4.69, 9.17) is 0 Å². The highest BCUT2D eigenvalue weighted by atomic mass is 19.3. The number of fused-ring (bicyclic) bond motifs is 1. The summed E-state index contributed by atoms with van der Waals surface area (Å²) in [7, 11) is 0. The largest absolute Gasteiger partial charge is 0.351 e. The van der Waals surface area contributed by atoms with Gasteiger partial charge in [0.1, 0.15) is 12.4 Å². The first-order valence-electron chi connectivity index (χ1n) is 10.3. The molecule has 1 aromatic heterocycles. The van der Waals surface area contributed by atoms with Gasteiger partial charge < -0.3 is 10.2 Å². The van der Waals surface area contributed by atoms with Crippen molar-refractivity contribution in [1.82, 2.24) is 19.7 Å². The second kappa shape index (κ2) is 8.10. The number of likely N-dealkylation sites (tertiary alicyclic amines) is 1. The predicted octanol–water partition coefficient (Wildman–Crippen LogP) is 3.48. The molecule has 1 N–H and O–H groups in total. The molecule has 0 unspecified atom stereocenters. The van der Waals surface area contributed by atoms with E-state index in [2.05, 4.69) is 15.4 Å². The molecule has 1 amide bonds. The molecule has 1 aliphatic carbocycles. The van der Waals surface area contributed by atoms with Crippen LogP contribution in [0.5, 0.6) is 0 Å². The second-order valence-electron chi connectivity index (χ2n) is 8.32. The van der Waals surface area contributed by atoms with Crippen molar-refractivity contribution < 1.29 is 13.6 Å². The lowest BCUT2D eigenvalue weighted by atomic mass is 9.85. The number of amides is 1. The molecule has 27 heavy (non-hydrogen) atoms. The number of aromatic nitrogens is 3. The maximum atomic E-state index is 13.4. The van der Waals surface area contributed by atoms with Crippen LogP contribution >= 0.6 is 0 Å². The van der Waals surface area contributed by atoms with E-state index in [-0.39, 0.29) is 17.9 Å². The molecule has 6 nitrogen and oxygen atoms in total. The minimum Gasteiger partial charge on any atom is -0.351 e. The topological polar surface area (TPSA) is 63.1 Å². The van der Waals surface area contributed by atoms with Gasteiger partial charge in [0.25, 0.3) is 6.43 Å². The molecule has 3 heterocycles. The van der Waals surface area contributed by atoms with Gasteiger partial charge in [0.05, 0.1) is 0 Å². The average molecular weight is 381 g/mol. The quantitative estimate of drug-likeness (QED) is 0.848. The van der Waals surface area contributed by atoms with Crippen molar-refractivity contribution in [3.63, 3.8) is 0 Å². The van der Waals surface area contributed by atoms with Crippen LogP contribution in [0.3, 0.4) is 0 Å². The number of carbonyl (C=O) groups is 1. The standard InChI is InChI=1S/C19H29F2N5O/c20-18(21)16-11-15(24-19-22-12-23-26(16)19)14-7-9-25(10-8-14)17(27)6-5-13-3-1-2-4-13/h12-16,18H,1-11H2,(H,22,23,24)/t15-,16+/m0/s1. The number of alkyl halides is 2. The number of anilines is 1. The van der Waals surface area contributed by atoms with Gasteiger partial charge in [-0.05, 0) is 37.5 Å². The van der Waals surface area contributed by atoms with Crippen LogP contribution in [-0.2, 0) is 4.79 Å². The molecule has 8 heteroatoms. The van der Waals surface area contributed by atoms with Crippen LogP contribution in [0, 0.1) is 11.8 Å². The Balaban J connectivity index is 1.28. The minimum absolute atomic E-state index is 0.0311. The van der Waals surface area contributed by atoms with Crippen LogP contribution in [0.25, 0.3) is 0 Å². The summed E-state index contributed by atoms with van der Waals surface area (Å²) < 4.78 is 28.2. The third-order valence-corrected chi connectivity index (χ3v) is 6.69. The zero-order valence-corrected chi connectivity index (χ0v) is 15.7. The number of piperidine rings is 1. The molecular weight excluding hydrogens is 352 g/mol. The van der Waals surface area contributed by atoms with Crippen LogP contribution in [0.4, 0.5) is 14.7 Å². The van der Waals surface area contributed by atoms with Gasteiger partial charge in [0, 0.05) is 25.6 Å².